The Bertz CT molecular complexity index is 679. The van der Waals surface area contributed by atoms with E-state index in [4.69, 9.17) is 4.74 Å². The Kier molecular flexibility index (Phi) is 3.46. The van der Waals surface area contributed by atoms with E-state index in [-0.39, 0.29) is 0 Å². The van der Waals surface area contributed by atoms with E-state index >= 15 is 0 Å². The molecule has 4 nitrogen and oxygen atoms in total. The molecular weight excluding hydrogens is 274 g/mol. The third-order valence-electron chi connectivity index (χ3n) is 4.79. The smallest absolute Gasteiger partial charge is 0.137 e. The number of ether oxygens (including phenoxy) is 1. The Morgan fingerprint density at radius 1 is 1.27 bits per heavy atom. The molecule has 1 aliphatic heterocycles. The molecule has 0 bridgehead atoms. The summed E-state index contributed by atoms with van der Waals surface area (Å²) >= 11 is 0. The number of morpholine rings is 1. The fourth-order valence-electron chi connectivity index (χ4n) is 3.77. The van der Waals surface area contributed by atoms with E-state index in [1.165, 1.54) is 35.0 Å². The van der Waals surface area contributed by atoms with E-state index in [1.54, 1.807) is 0 Å². The van der Waals surface area contributed by atoms with Crippen molar-refractivity contribution in [3.05, 3.63) is 29.1 Å². The SMILES string of the molecule is Cc1cnc2[nH]c(C3CC3)c(CN3C[C@@H](C)O[C@H](C)C3)c2c1. The van der Waals surface area contributed by atoms with Crippen LogP contribution in [0.1, 0.15) is 49.4 Å². The molecule has 4 rings (SSSR count). The number of H-pyrrole nitrogens is 1. The molecule has 2 atom stereocenters. The molecule has 118 valence electrons. The normalized spacial score (nSPS) is 26.7. The van der Waals surface area contributed by atoms with Gasteiger partial charge < -0.3 is 9.72 Å². The van der Waals surface area contributed by atoms with Crippen molar-refractivity contribution in [1.29, 1.82) is 0 Å². The predicted octanol–water partition coefficient (Wildman–Crippen LogP) is 3.36. The van der Waals surface area contributed by atoms with E-state index in [0.717, 1.165) is 31.2 Å². The first kappa shape index (κ1) is 14.2. The van der Waals surface area contributed by atoms with E-state index in [2.05, 4.69) is 41.7 Å². The van der Waals surface area contributed by atoms with Crippen LogP contribution in [0.15, 0.2) is 12.3 Å². The Balaban J connectivity index is 1.70. The van der Waals surface area contributed by atoms with Crippen LogP contribution in [0.25, 0.3) is 11.0 Å². The minimum absolute atomic E-state index is 0.318. The van der Waals surface area contributed by atoms with Gasteiger partial charge in [-0.05, 0) is 56.7 Å². The zero-order valence-corrected chi connectivity index (χ0v) is 13.7. The molecule has 1 saturated carbocycles. The van der Waals surface area contributed by atoms with Gasteiger partial charge in [-0.2, -0.15) is 0 Å². The first-order valence-corrected chi connectivity index (χ1v) is 8.45. The van der Waals surface area contributed by atoms with Gasteiger partial charge in [0.05, 0.1) is 12.2 Å². The number of aryl methyl sites for hydroxylation is 1. The van der Waals surface area contributed by atoms with Crippen molar-refractivity contribution >= 4 is 11.0 Å². The standard InChI is InChI=1S/C18H25N3O/c1-11-6-15-16(10-21-8-12(2)22-13(3)9-21)17(14-4-5-14)20-18(15)19-7-11/h6-7,12-14H,4-5,8-10H2,1-3H3,(H,19,20)/t12-,13-/m1/s1. The number of aromatic nitrogens is 2. The summed E-state index contributed by atoms with van der Waals surface area (Å²) in [5, 5.41) is 1.31. The minimum Gasteiger partial charge on any atom is -0.373 e. The Morgan fingerprint density at radius 2 is 2.00 bits per heavy atom. The van der Waals surface area contributed by atoms with Crippen LogP contribution in [0.2, 0.25) is 0 Å². The van der Waals surface area contributed by atoms with Gasteiger partial charge in [0.25, 0.3) is 0 Å². The first-order valence-electron chi connectivity index (χ1n) is 8.45. The number of fused-ring (bicyclic) bond motifs is 1. The second-order valence-corrected chi connectivity index (χ2v) is 7.15. The minimum atomic E-state index is 0.318. The van der Waals surface area contributed by atoms with E-state index in [1.807, 2.05) is 6.20 Å². The number of rotatable bonds is 3. The third-order valence-corrected chi connectivity index (χ3v) is 4.79. The van der Waals surface area contributed by atoms with Crippen LogP contribution in [0.3, 0.4) is 0 Å². The van der Waals surface area contributed by atoms with Crippen LogP contribution in [0.5, 0.6) is 0 Å². The second kappa shape index (κ2) is 5.36. The van der Waals surface area contributed by atoms with Crippen molar-refractivity contribution in [2.75, 3.05) is 13.1 Å². The van der Waals surface area contributed by atoms with Gasteiger partial charge in [-0.1, -0.05) is 0 Å². The van der Waals surface area contributed by atoms with Crippen LogP contribution in [0.4, 0.5) is 0 Å². The molecule has 1 N–H and O–H groups in total. The highest BCUT2D eigenvalue weighted by Crippen LogP contribution is 2.43. The van der Waals surface area contributed by atoms with Crippen molar-refractivity contribution in [1.82, 2.24) is 14.9 Å². The summed E-state index contributed by atoms with van der Waals surface area (Å²) in [7, 11) is 0. The maximum atomic E-state index is 5.87. The molecule has 2 aromatic rings. The number of pyridine rings is 1. The number of hydrogen-bond donors (Lipinski definition) is 1. The Labute approximate surface area is 131 Å². The highest BCUT2D eigenvalue weighted by atomic mass is 16.5. The molecule has 0 unspecified atom stereocenters. The molecule has 1 saturated heterocycles. The molecule has 0 spiro atoms. The van der Waals surface area contributed by atoms with E-state index in [9.17, 15) is 0 Å². The monoisotopic (exact) mass is 299 g/mol. The quantitative estimate of drug-likeness (QED) is 0.945. The molecule has 0 amide bonds. The molecule has 0 radical (unpaired) electrons. The molecule has 2 aromatic heterocycles. The van der Waals surface area contributed by atoms with Gasteiger partial charge in [0.15, 0.2) is 0 Å². The average Bonchev–Trinajstić information content (AvgIpc) is 3.23. The summed E-state index contributed by atoms with van der Waals surface area (Å²) in [6.45, 7) is 9.51. The summed E-state index contributed by atoms with van der Waals surface area (Å²) in [6, 6.07) is 2.29. The van der Waals surface area contributed by atoms with E-state index in [0.29, 0.717) is 12.2 Å². The first-order chi connectivity index (χ1) is 10.6. The second-order valence-electron chi connectivity index (χ2n) is 7.15. The number of aromatic amines is 1. The molecule has 0 aromatic carbocycles. The van der Waals surface area contributed by atoms with Crippen molar-refractivity contribution in [3.63, 3.8) is 0 Å². The van der Waals surface area contributed by atoms with Crippen molar-refractivity contribution in [2.24, 2.45) is 0 Å². The molecule has 3 heterocycles. The number of hydrogen-bond acceptors (Lipinski definition) is 3. The predicted molar refractivity (Wildman–Crippen MR) is 88.1 cm³/mol. The maximum absolute atomic E-state index is 5.87. The summed E-state index contributed by atoms with van der Waals surface area (Å²) in [4.78, 5) is 10.7. The van der Waals surface area contributed by atoms with Gasteiger partial charge in [-0.15, -0.1) is 0 Å². The van der Waals surface area contributed by atoms with Crippen LogP contribution in [0, 0.1) is 6.92 Å². The fraction of sp³-hybridized carbons (Fsp3) is 0.611. The summed E-state index contributed by atoms with van der Waals surface area (Å²) < 4.78 is 5.87. The molecule has 4 heteroatoms. The van der Waals surface area contributed by atoms with Gasteiger partial charge in [0.2, 0.25) is 0 Å². The van der Waals surface area contributed by atoms with Crippen molar-refractivity contribution in [2.45, 2.75) is 58.3 Å². The largest absolute Gasteiger partial charge is 0.373 e. The fourth-order valence-corrected chi connectivity index (χ4v) is 3.77. The van der Waals surface area contributed by atoms with Gasteiger partial charge in [-0.3, -0.25) is 4.90 Å². The average molecular weight is 299 g/mol. The summed E-state index contributed by atoms with van der Waals surface area (Å²) in [6.07, 6.45) is 5.22. The molecule has 22 heavy (non-hydrogen) atoms. The topological polar surface area (TPSA) is 41.2 Å². The lowest BCUT2D eigenvalue weighted by Crippen LogP contribution is -2.44. The van der Waals surface area contributed by atoms with Crippen LogP contribution in [-0.4, -0.2) is 40.2 Å². The van der Waals surface area contributed by atoms with Crippen LogP contribution >= 0.6 is 0 Å². The number of nitrogens with one attached hydrogen (secondary N) is 1. The third kappa shape index (κ3) is 2.66. The zero-order chi connectivity index (χ0) is 15.3. The lowest BCUT2D eigenvalue weighted by Gasteiger charge is -2.35. The van der Waals surface area contributed by atoms with Gasteiger partial charge in [0.1, 0.15) is 5.65 Å². The molecule has 2 fully saturated rings. The molecule has 2 aliphatic rings. The lowest BCUT2D eigenvalue weighted by molar-refractivity contribution is -0.0704. The zero-order valence-electron chi connectivity index (χ0n) is 13.7. The number of nitrogens with zero attached hydrogens (tertiary/aromatic N) is 2. The molecular formula is C18H25N3O. The molecule has 1 aliphatic carbocycles. The van der Waals surface area contributed by atoms with Crippen LogP contribution < -0.4 is 0 Å². The van der Waals surface area contributed by atoms with Gasteiger partial charge in [-0.25, -0.2) is 4.98 Å². The highest BCUT2D eigenvalue weighted by Gasteiger charge is 2.31. The van der Waals surface area contributed by atoms with Crippen molar-refractivity contribution < 1.29 is 4.74 Å². The van der Waals surface area contributed by atoms with E-state index < -0.39 is 0 Å². The maximum Gasteiger partial charge on any atom is 0.137 e. The Morgan fingerprint density at radius 3 is 2.68 bits per heavy atom. The Hall–Kier alpha value is -1.39. The van der Waals surface area contributed by atoms with Crippen LogP contribution in [-0.2, 0) is 11.3 Å². The summed E-state index contributed by atoms with van der Waals surface area (Å²) in [5.74, 6) is 0.723. The van der Waals surface area contributed by atoms with Gasteiger partial charge in [0, 0.05) is 36.9 Å². The van der Waals surface area contributed by atoms with Gasteiger partial charge >= 0.3 is 0 Å². The lowest BCUT2D eigenvalue weighted by atomic mass is 10.1. The summed E-state index contributed by atoms with van der Waals surface area (Å²) in [5.41, 5.74) is 5.19. The highest BCUT2D eigenvalue weighted by molar-refractivity contribution is 5.82. The van der Waals surface area contributed by atoms with Crippen molar-refractivity contribution in [3.8, 4) is 0 Å².